The highest BCUT2D eigenvalue weighted by Crippen LogP contribution is 2.54. The van der Waals surface area contributed by atoms with Crippen molar-refractivity contribution in [1.29, 1.82) is 5.26 Å². The molecule has 0 aliphatic heterocycles. The van der Waals surface area contributed by atoms with E-state index in [2.05, 4.69) is 11.4 Å². The Balaban J connectivity index is 1.76. The van der Waals surface area contributed by atoms with Crippen LogP contribution in [-0.4, -0.2) is 12.5 Å². The van der Waals surface area contributed by atoms with Crippen LogP contribution >= 0.6 is 0 Å². The van der Waals surface area contributed by atoms with Crippen molar-refractivity contribution in [2.24, 2.45) is 23.2 Å². The van der Waals surface area contributed by atoms with Crippen LogP contribution in [0.15, 0.2) is 0 Å². The summed E-state index contributed by atoms with van der Waals surface area (Å²) < 4.78 is 0. The van der Waals surface area contributed by atoms with E-state index in [1.165, 1.54) is 6.42 Å². The van der Waals surface area contributed by atoms with E-state index in [1.54, 1.807) is 0 Å². The van der Waals surface area contributed by atoms with E-state index in [0.29, 0.717) is 6.54 Å². The summed E-state index contributed by atoms with van der Waals surface area (Å²) in [5.41, 5.74) is -0.447. The first-order chi connectivity index (χ1) is 7.02. The summed E-state index contributed by atoms with van der Waals surface area (Å²) in [6, 6.07) is 2.19. The number of fused-ring (bicyclic) bond motifs is 1. The minimum atomic E-state index is -0.447. The summed E-state index contributed by atoms with van der Waals surface area (Å²) in [5, 5.41) is 11.7. The molecule has 0 aromatic rings. The molecular weight excluding hydrogens is 188 g/mol. The fourth-order valence-corrected chi connectivity index (χ4v) is 2.42. The molecule has 2 saturated carbocycles. The lowest BCUT2D eigenvalue weighted by Crippen LogP contribution is -2.36. The first-order valence-corrected chi connectivity index (χ1v) is 5.71. The molecular formula is C12H18N2O. The number of carbonyl (C=O) groups is 1. The van der Waals surface area contributed by atoms with Gasteiger partial charge in [-0.1, -0.05) is 0 Å². The monoisotopic (exact) mass is 206 g/mol. The van der Waals surface area contributed by atoms with Crippen molar-refractivity contribution in [3.8, 4) is 6.07 Å². The number of nitrogens with zero attached hydrogens (tertiary/aromatic N) is 1. The van der Waals surface area contributed by atoms with Crippen LogP contribution in [0.4, 0.5) is 0 Å². The van der Waals surface area contributed by atoms with Gasteiger partial charge in [-0.2, -0.15) is 5.26 Å². The van der Waals surface area contributed by atoms with Crippen molar-refractivity contribution in [1.82, 2.24) is 5.32 Å². The van der Waals surface area contributed by atoms with Crippen LogP contribution in [0.3, 0.4) is 0 Å². The van der Waals surface area contributed by atoms with Crippen molar-refractivity contribution in [2.75, 3.05) is 6.54 Å². The van der Waals surface area contributed by atoms with Crippen LogP contribution in [-0.2, 0) is 4.79 Å². The lowest BCUT2D eigenvalue weighted by molar-refractivity contribution is -0.125. The summed E-state index contributed by atoms with van der Waals surface area (Å²) in [6.07, 6.45) is 3.49. The standard InChI is InChI=1S/C12H18N2O/c1-12(2,6-13)7-14-11(15)10-4-8-3-9(8)5-10/h8-10H,3-5,7H2,1-2H3,(H,14,15). The maximum Gasteiger partial charge on any atom is 0.223 e. The van der Waals surface area contributed by atoms with E-state index < -0.39 is 5.41 Å². The number of hydrogen-bond donors (Lipinski definition) is 1. The molecule has 0 bridgehead atoms. The van der Waals surface area contributed by atoms with Crippen molar-refractivity contribution < 1.29 is 4.79 Å². The van der Waals surface area contributed by atoms with E-state index in [1.807, 2.05) is 13.8 Å². The van der Waals surface area contributed by atoms with Crippen LogP contribution in [0.5, 0.6) is 0 Å². The molecule has 2 rings (SSSR count). The second-order valence-electron chi connectivity index (χ2n) is 5.64. The van der Waals surface area contributed by atoms with E-state index in [4.69, 9.17) is 5.26 Å². The maximum atomic E-state index is 11.8. The fourth-order valence-electron chi connectivity index (χ4n) is 2.42. The molecule has 2 aliphatic rings. The zero-order chi connectivity index (χ0) is 11.1. The average molecular weight is 206 g/mol. The number of nitrogens with one attached hydrogen (secondary N) is 1. The predicted molar refractivity (Wildman–Crippen MR) is 56.7 cm³/mol. The van der Waals surface area contributed by atoms with Gasteiger partial charge in [-0.15, -0.1) is 0 Å². The Morgan fingerprint density at radius 3 is 2.53 bits per heavy atom. The number of nitriles is 1. The van der Waals surface area contributed by atoms with Crippen LogP contribution < -0.4 is 5.32 Å². The molecule has 2 atom stereocenters. The molecule has 0 aromatic carbocycles. The number of rotatable bonds is 3. The number of hydrogen-bond acceptors (Lipinski definition) is 2. The van der Waals surface area contributed by atoms with Crippen molar-refractivity contribution in [2.45, 2.75) is 33.1 Å². The van der Waals surface area contributed by atoms with E-state index in [0.717, 1.165) is 24.7 Å². The van der Waals surface area contributed by atoms with Gasteiger partial charge in [-0.25, -0.2) is 0 Å². The van der Waals surface area contributed by atoms with E-state index in [9.17, 15) is 4.79 Å². The lowest BCUT2D eigenvalue weighted by Gasteiger charge is -2.18. The Morgan fingerprint density at radius 2 is 2.00 bits per heavy atom. The molecule has 0 aromatic heterocycles. The van der Waals surface area contributed by atoms with Gasteiger partial charge in [0.2, 0.25) is 5.91 Å². The molecule has 2 fully saturated rings. The first kappa shape index (κ1) is 10.5. The lowest BCUT2D eigenvalue weighted by atomic mass is 9.95. The van der Waals surface area contributed by atoms with Gasteiger partial charge >= 0.3 is 0 Å². The van der Waals surface area contributed by atoms with E-state index >= 15 is 0 Å². The molecule has 0 heterocycles. The average Bonchev–Trinajstić information content (AvgIpc) is 2.82. The minimum Gasteiger partial charge on any atom is -0.354 e. The Labute approximate surface area is 90.8 Å². The molecule has 1 N–H and O–H groups in total. The Hall–Kier alpha value is -1.04. The minimum absolute atomic E-state index is 0.158. The molecule has 2 aliphatic carbocycles. The van der Waals surface area contributed by atoms with Crippen molar-refractivity contribution >= 4 is 5.91 Å². The molecule has 2 unspecified atom stereocenters. The van der Waals surface area contributed by atoms with Gasteiger partial charge in [0.15, 0.2) is 0 Å². The summed E-state index contributed by atoms with van der Waals surface area (Å²) >= 11 is 0. The quantitative estimate of drug-likeness (QED) is 0.764. The normalized spacial score (nSPS) is 33.0. The second kappa shape index (κ2) is 3.52. The topological polar surface area (TPSA) is 52.9 Å². The molecule has 15 heavy (non-hydrogen) atoms. The molecule has 3 heteroatoms. The van der Waals surface area contributed by atoms with Gasteiger partial charge in [-0.05, 0) is 44.9 Å². The zero-order valence-electron chi connectivity index (χ0n) is 9.42. The van der Waals surface area contributed by atoms with Gasteiger partial charge in [0, 0.05) is 12.5 Å². The third-order valence-corrected chi connectivity index (χ3v) is 3.62. The molecule has 1 amide bonds. The smallest absolute Gasteiger partial charge is 0.223 e. The highest BCUT2D eigenvalue weighted by atomic mass is 16.1. The third kappa shape index (κ3) is 2.31. The molecule has 3 nitrogen and oxygen atoms in total. The highest BCUT2D eigenvalue weighted by molar-refractivity contribution is 5.79. The number of carbonyl (C=O) groups excluding carboxylic acids is 1. The molecule has 0 saturated heterocycles. The van der Waals surface area contributed by atoms with Crippen LogP contribution in [0.1, 0.15) is 33.1 Å². The Morgan fingerprint density at radius 1 is 1.40 bits per heavy atom. The van der Waals surface area contributed by atoms with Crippen molar-refractivity contribution in [3.05, 3.63) is 0 Å². The Kier molecular flexibility index (Phi) is 2.46. The summed E-state index contributed by atoms with van der Waals surface area (Å²) in [5.74, 6) is 2.06. The largest absolute Gasteiger partial charge is 0.354 e. The van der Waals surface area contributed by atoms with Crippen molar-refractivity contribution in [3.63, 3.8) is 0 Å². The van der Waals surface area contributed by atoms with Gasteiger partial charge in [-0.3, -0.25) is 4.79 Å². The fraction of sp³-hybridized carbons (Fsp3) is 0.833. The molecule has 0 radical (unpaired) electrons. The molecule has 82 valence electrons. The SMILES string of the molecule is CC(C)(C#N)CNC(=O)C1CC2CC2C1. The van der Waals surface area contributed by atoms with Gasteiger partial charge in [0.25, 0.3) is 0 Å². The Bertz CT molecular complexity index is 306. The maximum absolute atomic E-state index is 11.8. The summed E-state index contributed by atoms with van der Waals surface area (Å²) in [7, 11) is 0. The highest BCUT2D eigenvalue weighted by Gasteiger charge is 2.47. The van der Waals surface area contributed by atoms with Gasteiger partial charge in [0.05, 0.1) is 11.5 Å². The van der Waals surface area contributed by atoms with Gasteiger partial charge < -0.3 is 5.32 Å². The van der Waals surface area contributed by atoms with Gasteiger partial charge in [0.1, 0.15) is 0 Å². The van der Waals surface area contributed by atoms with Crippen LogP contribution in [0.2, 0.25) is 0 Å². The zero-order valence-corrected chi connectivity index (χ0v) is 9.42. The number of amides is 1. The third-order valence-electron chi connectivity index (χ3n) is 3.62. The van der Waals surface area contributed by atoms with Crippen LogP contribution in [0.25, 0.3) is 0 Å². The first-order valence-electron chi connectivity index (χ1n) is 5.71. The summed E-state index contributed by atoms with van der Waals surface area (Å²) in [6.45, 7) is 4.16. The van der Waals surface area contributed by atoms with Crippen LogP contribution in [0, 0.1) is 34.5 Å². The summed E-state index contributed by atoms with van der Waals surface area (Å²) in [4.78, 5) is 11.8. The van der Waals surface area contributed by atoms with E-state index in [-0.39, 0.29) is 11.8 Å². The predicted octanol–water partition coefficient (Wildman–Crippen LogP) is 1.70. The molecule has 0 spiro atoms. The second-order valence-corrected chi connectivity index (χ2v) is 5.64.